The molecule has 1 aliphatic heterocycles. The molecule has 184 valence electrons. The number of likely N-dealkylation sites (tertiary alicyclic amines) is 1. The van der Waals surface area contributed by atoms with E-state index in [9.17, 15) is 9.59 Å². The van der Waals surface area contributed by atoms with E-state index in [1.807, 2.05) is 52.8 Å². The van der Waals surface area contributed by atoms with Crippen molar-refractivity contribution in [1.29, 1.82) is 0 Å². The lowest BCUT2D eigenvalue weighted by molar-refractivity contribution is -0.113. The van der Waals surface area contributed by atoms with Crippen LogP contribution in [0.3, 0.4) is 0 Å². The third-order valence-corrected chi connectivity index (χ3v) is 7.46. The predicted octanol–water partition coefficient (Wildman–Crippen LogP) is 5.78. The van der Waals surface area contributed by atoms with Crippen molar-refractivity contribution >= 4 is 40.9 Å². The van der Waals surface area contributed by atoms with E-state index >= 15 is 0 Å². The molecule has 0 spiro atoms. The summed E-state index contributed by atoms with van der Waals surface area (Å²) in [4.78, 5) is 27.8. The van der Waals surface area contributed by atoms with E-state index in [2.05, 4.69) is 29.4 Å². The molecule has 7 nitrogen and oxygen atoms in total. The molecule has 1 aliphatic rings. The lowest BCUT2D eigenvalue weighted by atomic mass is 10.0. The summed E-state index contributed by atoms with van der Waals surface area (Å²) in [6, 6.07) is 14.8. The van der Waals surface area contributed by atoms with Gasteiger partial charge in [-0.3, -0.25) is 9.59 Å². The van der Waals surface area contributed by atoms with Gasteiger partial charge in [0.05, 0.1) is 22.4 Å². The standard InChI is InChI=1S/C26H30ClN5O2S/c1-4-31-24(22-14-9-15-32(22)25(34)19-11-5-7-12-20(19)27)29-30-26(31)35-16-23(33)28-21-13-8-6-10-18(21)17(2)3/h5-8,10-13,17,22H,4,9,14-16H2,1-3H3,(H,28,33). The zero-order valence-electron chi connectivity index (χ0n) is 20.2. The van der Waals surface area contributed by atoms with Crippen LogP contribution in [0.2, 0.25) is 5.02 Å². The van der Waals surface area contributed by atoms with Crippen molar-refractivity contribution in [1.82, 2.24) is 19.7 Å². The van der Waals surface area contributed by atoms with E-state index in [1.54, 1.807) is 12.1 Å². The van der Waals surface area contributed by atoms with Crippen LogP contribution in [0.5, 0.6) is 0 Å². The number of aromatic nitrogens is 3. The maximum absolute atomic E-state index is 13.2. The fourth-order valence-corrected chi connectivity index (χ4v) is 5.47. The summed E-state index contributed by atoms with van der Waals surface area (Å²) < 4.78 is 2.00. The number of para-hydroxylation sites is 1. The number of hydrogen-bond donors (Lipinski definition) is 1. The van der Waals surface area contributed by atoms with Crippen LogP contribution < -0.4 is 5.32 Å². The maximum atomic E-state index is 13.2. The van der Waals surface area contributed by atoms with Gasteiger partial charge < -0.3 is 14.8 Å². The summed E-state index contributed by atoms with van der Waals surface area (Å²) in [5.41, 5.74) is 2.44. The van der Waals surface area contributed by atoms with Gasteiger partial charge in [0.15, 0.2) is 11.0 Å². The van der Waals surface area contributed by atoms with Crippen molar-refractivity contribution in [2.75, 3.05) is 17.6 Å². The highest BCUT2D eigenvalue weighted by molar-refractivity contribution is 7.99. The van der Waals surface area contributed by atoms with Crippen LogP contribution in [-0.4, -0.2) is 43.8 Å². The first-order valence-electron chi connectivity index (χ1n) is 11.9. The number of thioether (sulfide) groups is 1. The molecule has 1 aromatic heterocycles. The average molecular weight is 512 g/mol. The molecule has 0 saturated carbocycles. The summed E-state index contributed by atoms with van der Waals surface area (Å²) in [5, 5.41) is 13.0. The zero-order chi connectivity index (χ0) is 24.9. The normalized spacial score (nSPS) is 15.6. The second-order valence-electron chi connectivity index (χ2n) is 8.80. The molecule has 1 fully saturated rings. The molecule has 1 saturated heterocycles. The van der Waals surface area contributed by atoms with Crippen LogP contribution in [0, 0.1) is 0 Å². The van der Waals surface area contributed by atoms with Gasteiger partial charge in [-0.15, -0.1) is 10.2 Å². The fraction of sp³-hybridized carbons (Fsp3) is 0.385. The van der Waals surface area contributed by atoms with E-state index in [0.717, 1.165) is 29.9 Å². The van der Waals surface area contributed by atoms with Crippen molar-refractivity contribution < 1.29 is 9.59 Å². The lowest BCUT2D eigenvalue weighted by Gasteiger charge is -2.25. The highest BCUT2D eigenvalue weighted by Crippen LogP contribution is 2.35. The molecular formula is C26H30ClN5O2S. The minimum absolute atomic E-state index is 0.0910. The molecule has 2 aromatic carbocycles. The Balaban J connectivity index is 1.47. The van der Waals surface area contributed by atoms with E-state index in [1.165, 1.54) is 11.8 Å². The summed E-state index contributed by atoms with van der Waals surface area (Å²) in [6.45, 7) is 7.52. The number of hydrogen-bond acceptors (Lipinski definition) is 5. The van der Waals surface area contributed by atoms with E-state index in [-0.39, 0.29) is 23.6 Å². The molecule has 1 N–H and O–H groups in total. The van der Waals surface area contributed by atoms with Crippen molar-refractivity contribution in [2.24, 2.45) is 0 Å². The highest BCUT2D eigenvalue weighted by Gasteiger charge is 2.35. The smallest absolute Gasteiger partial charge is 0.255 e. The molecule has 2 heterocycles. The number of benzene rings is 2. The first-order chi connectivity index (χ1) is 16.9. The van der Waals surface area contributed by atoms with Crippen molar-refractivity contribution in [3.8, 4) is 0 Å². The van der Waals surface area contributed by atoms with Gasteiger partial charge in [0.25, 0.3) is 5.91 Å². The molecule has 35 heavy (non-hydrogen) atoms. The topological polar surface area (TPSA) is 80.1 Å². The van der Waals surface area contributed by atoms with Crippen molar-refractivity contribution in [3.05, 3.63) is 70.5 Å². The van der Waals surface area contributed by atoms with Crippen LogP contribution in [0.25, 0.3) is 0 Å². The molecule has 1 unspecified atom stereocenters. The molecule has 9 heteroatoms. The second kappa shape index (κ2) is 11.3. The second-order valence-corrected chi connectivity index (χ2v) is 10.1. The number of carbonyl (C=O) groups is 2. The lowest BCUT2D eigenvalue weighted by Crippen LogP contribution is -2.32. The van der Waals surface area contributed by atoms with Crippen LogP contribution in [0.15, 0.2) is 53.7 Å². The van der Waals surface area contributed by atoms with Crippen LogP contribution in [0.4, 0.5) is 5.69 Å². The largest absolute Gasteiger partial charge is 0.328 e. The van der Waals surface area contributed by atoms with Gasteiger partial charge in [-0.25, -0.2) is 0 Å². The van der Waals surface area contributed by atoms with E-state index < -0.39 is 0 Å². The first-order valence-corrected chi connectivity index (χ1v) is 13.3. The summed E-state index contributed by atoms with van der Waals surface area (Å²) >= 11 is 7.64. The van der Waals surface area contributed by atoms with Crippen LogP contribution in [-0.2, 0) is 11.3 Å². The van der Waals surface area contributed by atoms with Gasteiger partial charge >= 0.3 is 0 Å². The van der Waals surface area contributed by atoms with Gasteiger partial charge in [0.2, 0.25) is 5.91 Å². The van der Waals surface area contributed by atoms with E-state index in [4.69, 9.17) is 11.6 Å². The molecular weight excluding hydrogens is 482 g/mol. The Morgan fingerprint density at radius 3 is 2.63 bits per heavy atom. The molecule has 2 amide bonds. The SMILES string of the molecule is CCn1c(SCC(=O)Nc2ccccc2C(C)C)nnc1C1CCCN1C(=O)c1ccccc1Cl. The average Bonchev–Trinajstić information content (AvgIpc) is 3.49. The minimum atomic E-state index is -0.174. The number of halogens is 1. The number of nitrogens with one attached hydrogen (secondary N) is 1. The number of anilines is 1. The first kappa shape index (κ1) is 25.3. The third kappa shape index (κ3) is 5.54. The van der Waals surface area contributed by atoms with Crippen molar-refractivity contribution in [2.45, 2.75) is 57.3 Å². The molecule has 3 aromatic rings. The quantitative estimate of drug-likeness (QED) is 0.387. The van der Waals surface area contributed by atoms with Crippen LogP contribution in [0.1, 0.15) is 67.3 Å². The van der Waals surface area contributed by atoms with Gasteiger partial charge in [0.1, 0.15) is 0 Å². The third-order valence-electron chi connectivity index (χ3n) is 6.17. The summed E-state index contributed by atoms with van der Waals surface area (Å²) in [5.74, 6) is 1.09. The zero-order valence-corrected chi connectivity index (χ0v) is 21.8. The molecule has 4 rings (SSSR count). The Hall–Kier alpha value is -2.84. The minimum Gasteiger partial charge on any atom is -0.328 e. The number of rotatable bonds is 8. The Morgan fingerprint density at radius 2 is 1.89 bits per heavy atom. The monoisotopic (exact) mass is 511 g/mol. The number of amides is 2. The molecule has 0 bridgehead atoms. The van der Waals surface area contributed by atoms with E-state index in [0.29, 0.717) is 34.7 Å². The Labute approximate surface area is 215 Å². The Morgan fingerprint density at radius 1 is 1.14 bits per heavy atom. The summed E-state index contributed by atoms with van der Waals surface area (Å²) in [6.07, 6.45) is 1.70. The Bertz CT molecular complexity index is 1210. The summed E-state index contributed by atoms with van der Waals surface area (Å²) in [7, 11) is 0. The number of carbonyl (C=O) groups excluding carboxylic acids is 2. The maximum Gasteiger partial charge on any atom is 0.255 e. The predicted molar refractivity (Wildman–Crippen MR) is 140 cm³/mol. The molecule has 1 atom stereocenters. The van der Waals surface area contributed by atoms with Gasteiger partial charge in [-0.1, -0.05) is 67.5 Å². The van der Waals surface area contributed by atoms with Gasteiger partial charge in [-0.2, -0.15) is 0 Å². The molecule has 0 radical (unpaired) electrons. The van der Waals surface area contributed by atoms with Gasteiger partial charge in [-0.05, 0) is 49.4 Å². The van der Waals surface area contributed by atoms with Gasteiger partial charge in [0, 0.05) is 18.8 Å². The Kier molecular flexibility index (Phi) is 8.13. The fourth-order valence-electron chi connectivity index (χ4n) is 4.45. The van der Waals surface area contributed by atoms with Crippen LogP contribution >= 0.6 is 23.4 Å². The number of nitrogens with zero attached hydrogens (tertiary/aromatic N) is 4. The van der Waals surface area contributed by atoms with Crippen molar-refractivity contribution in [3.63, 3.8) is 0 Å². The highest BCUT2D eigenvalue weighted by atomic mass is 35.5. The molecule has 0 aliphatic carbocycles.